The lowest BCUT2D eigenvalue weighted by atomic mass is 10.1. The van der Waals surface area contributed by atoms with Crippen molar-refractivity contribution in [3.63, 3.8) is 0 Å². The highest BCUT2D eigenvalue weighted by atomic mass is 32.1. The number of hydrogen-bond donors (Lipinski definition) is 1. The summed E-state index contributed by atoms with van der Waals surface area (Å²) in [6.45, 7) is 1.31. The number of pyridine rings is 1. The summed E-state index contributed by atoms with van der Waals surface area (Å²) in [5.41, 5.74) is 4.68. The van der Waals surface area contributed by atoms with Crippen LogP contribution in [0.2, 0.25) is 0 Å². The van der Waals surface area contributed by atoms with Gasteiger partial charge in [-0.2, -0.15) is 5.10 Å². The zero-order chi connectivity index (χ0) is 20.4. The van der Waals surface area contributed by atoms with Gasteiger partial charge in [0.1, 0.15) is 11.6 Å². The van der Waals surface area contributed by atoms with Crippen LogP contribution in [-0.4, -0.2) is 43.0 Å². The molecule has 1 aromatic carbocycles. The lowest BCUT2D eigenvalue weighted by Crippen LogP contribution is -2.33. The van der Waals surface area contributed by atoms with Gasteiger partial charge in [-0.3, -0.25) is 9.59 Å². The molecule has 4 rings (SSSR count). The molecule has 146 valence electrons. The fraction of sp³-hybridized carbons (Fsp3) is 0.143. The first-order valence-corrected chi connectivity index (χ1v) is 9.84. The minimum Gasteiger partial charge on any atom is -0.480 e. The van der Waals surface area contributed by atoms with Gasteiger partial charge in [-0.05, 0) is 17.7 Å². The van der Waals surface area contributed by atoms with E-state index in [0.29, 0.717) is 0 Å². The van der Waals surface area contributed by atoms with Crippen molar-refractivity contribution in [2.24, 2.45) is 0 Å². The Morgan fingerprint density at radius 2 is 1.97 bits per heavy atom. The molecule has 0 aliphatic carbocycles. The van der Waals surface area contributed by atoms with Crippen LogP contribution in [0.1, 0.15) is 12.5 Å². The van der Waals surface area contributed by atoms with Crippen LogP contribution in [-0.2, 0) is 16.1 Å². The number of aliphatic carboxylic acids is 1. The van der Waals surface area contributed by atoms with Gasteiger partial charge in [-0.25, -0.2) is 9.50 Å². The average molecular weight is 406 g/mol. The van der Waals surface area contributed by atoms with Gasteiger partial charge < -0.3 is 10.0 Å². The molecule has 0 unspecified atom stereocenters. The Balaban J connectivity index is 1.54. The van der Waals surface area contributed by atoms with Crippen LogP contribution in [0.3, 0.4) is 0 Å². The predicted molar refractivity (Wildman–Crippen MR) is 110 cm³/mol. The number of benzene rings is 1. The first kappa shape index (κ1) is 18.8. The SMILES string of the molecule is CC(=O)N(CC(=O)O)Cc1ccc(-c2csc(-c3cnn4ccccc34)n2)cc1. The Hall–Kier alpha value is -3.52. The number of amides is 1. The normalized spacial score (nSPS) is 10.9. The molecule has 7 nitrogen and oxygen atoms in total. The third kappa shape index (κ3) is 4.02. The number of carboxylic acid groups (broad SMARTS) is 1. The lowest BCUT2D eigenvalue weighted by Gasteiger charge is -2.18. The van der Waals surface area contributed by atoms with Gasteiger partial charge in [0.15, 0.2) is 0 Å². The molecule has 0 saturated heterocycles. The molecule has 0 bridgehead atoms. The number of carbonyl (C=O) groups excluding carboxylic acids is 1. The monoisotopic (exact) mass is 406 g/mol. The number of nitrogens with zero attached hydrogens (tertiary/aromatic N) is 4. The van der Waals surface area contributed by atoms with Crippen LogP contribution in [0.5, 0.6) is 0 Å². The molecule has 3 heterocycles. The molecule has 0 aliphatic heterocycles. The first-order valence-electron chi connectivity index (χ1n) is 8.96. The molecule has 0 radical (unpaired) electrons. The summed E-state index contributed by atoms with van der Waals surface area (Å²) in [7, 11) is 0. The summed E-state index contributed by atoms with van der Waals surface area (Å²) in [6.07, 6.45) is 3.72. The Morgan fingerprint density at radius 3 is 2.69 bits per heavy atom. The van der Waals surface area contributed by atoms with E-state index in [0.717, 1.165) is 32.9 Å². The Morgan fingerprint density at radius 1 is 1.17 bits per heavy atom. The maximum absolute atomic E-state index is 11.6. The molecule has 1 amide bonds. The van der Waals surface area contributed by atoms with Crippen LogP contribution in [0, 0.1) is 0 Å². The van der Waals surface area contributed by atoms with E-state index in [1.165, 1.54) is 11.8 Å². The minimum absolute atomic E-state index is 0.257. The molecule has 0 aliphatic rings. The zero-order valence-electron chi connectivity index (χ0n) is 15.6. The van der Waals surface area contributed by atoms with Crippen molar-refractivity contribution >= 4 is 28.7 Å². The van der Waals surface area contributed by atoms with E-state index in [1.54, 1.807) is 11.3 Å². The van der Waals surface area contributed by atoms with Crippen molar-refractivity contribution in [2.75, 3.05) is 6.54 Å². The number of hydrogen-bond acceptors (Lipinski definition) is 5. The highest BCUT2D eigenvalue weighted by molar-refractivity contribution is 7.13. The number of rotatable bonds is 6. The molecule has 0 spiro atoms. The largest absolute Gasteiger partial charge is 0.480 e. The Bertz CT molecular complexity index is 1180. The molecule has 29 heavy (non-hydrogen) atoms. The maximum atomic E-state index is 11.6. The van der Waals surface area contributed by atoms with Crippen LogP contribution in [0.25, 0.3) is 27.3 Å². The first-order chi connectivity index (χ1) is 14.0. The van der Waals surface area contributed by atoms with Crippen molar-refractivity contribution in [2.45, 2.75) is 13.5 Å². The van der Waals surface area contributed by atoms with Crippen molar-refractivity contribution in [3.05, 3.63) is 65.8 Å². The Labute approximate surface area is 170 Å². The summed E-state index contributed by atoms with van der Waals surface area (Å²) in [4.78, 5) is 28.6. The number of carboxylic acids is 1. The summed E-state index contributed by atoms with van der Waals surface area (Å²) < 4.78 is 1.82. The van der Waals surface area contributed by atoms with Crippen molar-refractivity contribution in [1.82, 2.24) is 19.5 Å². The zero-order valence-corrected chi connectivity index (χ0v) is 16.5. The van der Waals surface area contributed by atoms with E-state index in [2.05, 4.69) is 5.10 Å². The summed E-state index contributed by atoms with van der Waals surface area (Å²) >= 11 is 1.56. The third-order valence-corrected chi connectivity index (χ3v) is 5.43. The van der Waals surface area contributed by atoms with Gasteiger partial charge in [0.2, 0.25) is 5.91 Å². The van der Waals surface area contributed by atoms with Gasteiger partial charge in [0.25, 0.3) is 0 Å². The van der Waals surface area contributed by atoms with Gasteiger partial charge in [-0.15, -0.1) is 11.3 Å². The topological polar surface area (TPSA) is 87.8 Å². The van der Waals surface area contributed by atoms with Gasteiger partial charge in [-0.1, -0.05) is 30.3 Å². The van der Waals surface area contributed by atoms with Crippen LogP contribution < -0.4 is 0 Å². The fourth-order valence-electron chi connectivity index (χ4n) is 3.07. The smallest absolute Gasteiger partial charge is 0.323 e. The number of aromatic nitrogens is 3. The fourth-order valence-corrected chi connectivity index (χ4v) is 3.92. The van der Waals surface area contributed by atoms with E-state index < -0.39 is 5.97 Å². The second-order valence-corrected chi connectivity index (χ2v) is 7.45. The number of thiazole rings is 1. The molecule has 4 aromatic rings. The van der Waals surface area contributed by atoms with E-state index in [4.69, 9.17) is 10.1 Å². The van der Waals surface area contributed by atoms with Crippen LogP contribution in [0.4, 0.5) is 0 Å². The Kier molecular flexibility index (Phi) is 5.09. The predicted octanol–water partition coefficient (Wildman–Crippen LogP) is 3.56. The van der Waals surface area contributed by atoms with E-state index >= 15 is 0 Å². The highest BCUT2D eigenvalue weighted by Gasteiger charge is 2.14. The second kappa shape index (κ2) is 7.84. The standard InChI is InChI=1S/C21H18N4O3S/c1-14(26)24(12-20(27)28)11-15-5-7-16(8-6-15)18-13-29-21(23-18)17-10-22-25-9-3-2-4-19(17)25/h2-10,13H,11-12H2,1H3,(H,27,28). The quantitative estimate of drug-likeness (QED) is 0.529. The van der Waals surface area contributed by atoms with Crippen molar-refractivity contribution in [3.8, 4) is 21.8 Å². The van der Waals surface area contributed by atoms with E-state index in [-0.39, 0.29) is 19.0 Å². The molecule has 0 fully saturated rings. The number of fused-ring (bicyclic) bond motifs is 1. The average Bonchev–Trinajstić information content (AvgIpc) is 3.34. The summed E-state index contributed by atoms with van der Waals surface area (Å²) in [5.74, 6) is -1.30. The summed E-state index contributed by atoms with van der Waals surface area (Å²) in [5, 5.41) is 16.2. The maximum Gasteiger partial charge on any atom is 0.323 e. The highest BCUT2D eigenvalue weighted by Crippen LogP contribution is 2.31. The molecule has 1 N–H and O–H groups in total. The molecular weight excluding hydrogens is 388 g/mol. The van der Waals surface area contributed by atoms with Crippen molar-refractivity contribution < 1.29 is 14.7 Å². The van der Waals surface area contributed by atoms with Crippen LogP contribution >= 0.6 is 11.3 Å². The van der Waals surface area contributed by atoms with Gasteiger partial charge in [0.05, 0.1) is 23.0 Å². The van der Waals surface area contributed by atoms with Gasteiger partial charge >= 0.3 is 5.97 Å². The molecule has 0 atom stereocenters. The van der Waals surface area contributed by atoms with E-state index in [9.17, 15) is 9.59 Å². The minimum atomic E-state index is -1.03. The van der Waals surface area contributed by atoms with Crippen molar-refractivity contribution in [1.29, 1.82) is 0 Å². The molecule has 0 saturated carbocycles. The molecule has 3 aromatic heterocycles. The molecular formula is C21H18N4O3S. The van der Waals surface area contributed by atoms with E-state index in [1.807, 2.05) is 64.8 Å². The third-order valence-electron chi connectivity index (χ3n) is 4.56. The second-order valence-electron chi connectivity index (χ2n) is 6.59. The summed E-state index contributed by atoms with van der Waals surface area (Å²) in [6, 6.07) is 13.6. The lowest BCUT2D eigenvalue weighted by molar-refractivity contribution is -0.144. The number of carbonyl (C=O) groups is 2. The van der Waals surface area contributed by atoms with Crippen LogP contribution in [0.15, 0.2) is 60.2 Å². The van der Waals surface area contributed by atoms with Gasteiger partial charge in [0, 0.05) is 30.6 Å². The molecule has 8 heteroatoms.